The molecule has 2 heterocycles. The summed E-state index contributed by atoms with van der Waals surface area (Å²) in [5, 5.41) is 33.8. The van der Waals surface area contributed by atoms with E-state index >= 15 is 0 Å². The molecule has 1 saturated heterocycles. The number of piperidine rings is 1. The molecule has 1 aliphatic rings. The monoisotopic (exact) mass is 678 g/mol. The van der Waals surface area contributed by atoms with E-state index in [1.807, 2.05) is 43.4 Å². The van der Waals surface area contributed by atoms with Gasteiger partial charge in [0.25, 0.3) is 5.91 Å². The molecule has 10 nitrogen and oxygen atoms in total. The number of alkyl halides is 3. The van der Waals surface area contributed by atoms with Crippen LogP contribution in [0.4, 0.5) is 13.2 Å². The Morgan fingerprint density at radius 3 is 2.14 bits per heavy atom. The molecule has 4 aromatic rings. The van der Waals surface area contributed by atoms with Crippen molar-refractivity contribution in [3.63, 3.8) is 0 Å². The fraction of sp³-hybridized carbons (Fsp3) is 0.389. The molecule has 0 unspecified atom stereocenters. The lowest BCUT2D eigenvalue weighted by atomic mass is 9.90. The number of nitrogens with zero attached hydrogens (tertiary/aromatic N) is 4. The lowest BCUT2D eigenvalue weighted by molar-refractivity contribution is -0.123. The van der Waals surface area contributed by atoms with Crippen molar-refractivity contribution in [2.24, 2.45) is 5.92 Å². The molecule has 1 aliphatic heterocycles. The third-order valence-electron chi connectivity index (χ3n) is 8.72. The number of carbonyl (C=O) groups is 2. The van der Waals surface area contributed by atoms with Crippen LogP contribution < -0.4 is 10.6 Å². The molecule has 1 fully saturated rings. The standard InChI is InChI=1S/C36H41F3N6O4/c1-22(2)29-17-30(32(48)18-31(29)47)33-42-43-34(35(49)41-21-36(37,38)39)45(33)28-10-8-24(9-11-28)16-25-12-14-44(15-13-25)20-27-6-4-26(5-7-27)19-40-23(3)46/h4-11,17-18,22,25,47-48H,12-16,19-21H2,1-3H3,(H,40,46)(H,41,49). The van der Waals surface area contributed by atoms with Crippen LogP contribution in [-0.2, 0) is 24.3 Å². The Labute approximate surface area is 283 Å². The first-order valence-electron chi connectivity index (χ1n) is 16.3. The number of phenolic OH excluding ortho intramolecular Hbond substituents is 2. The summed E-state index contributed by atoms with van der Waals surface area (Å²) in [7, 11) is 0. The molecular weight excluding hydrogens is 637 g/mol. The lowest BCUT2D eigenvalue weighted by Gasteiger charge is -2.32. The first-order chi connectivity index (χ1) is 23.3. The number of aromatic nitrogens is 3. The summed E-state index contributed by atoms with van der Waals surface area (Å²) in [6.07, 6.45) is -1.72. The van der Waals surface area contributed by atoms with E-state index in [9.17, 15) is 33.0 Å². The summed E-state index contributed by atoms with van der Waals surface area (Å²) >= 11 is 0. The van der Waals surface area contributed by atoms with Crippen molar-refractivity contribution in [1.82, 2.24) is 30.3 Å². The summed E-state index contributed by atoms with van der Waals surface area (Å²) in [4.78, 5) is 26.5. The molecule has 0 saturated carbocycles. The highest BCUT2D eigenvalue weighted by atomic mass is 19.4. The number of aromatic hydroxyl groups is 2. The van der Waals surface area contributed by atoms with Crippen molar-refractivity contribution in [3.05, 3.63) is 88.7 Å². The molecule has 2 amide bonds. The van der Waals surface area contributed by atoms with Crippen LogP contribution in [0.25, 0.3) is 17.1 Å². The van der Waals surface area contributed by atoms with Gasteiger partial charge in [0.1, 0.15) is 18.0 Å². The maximum Gasteiger partial charge on any atom is 0.405 e. The number of hydrogen-bond donors (Lipinski definition) is 4. The Morgan fingerprint density at radius 1 is 0.898 bits per heavy atom. The van der Waals surface area contributed by atoms with Gasteiger partial charge in [-0.25, -0.2) is 0 Å². The van der Waals surface area contributed by atoms with Gasteiger partial charge in [-0.15, -0.1) is 10.2 Å². The number of halogens is 3. The summed E-state index contributed by atoms with van der Waals surface area (Å²) < 4.78 is 40.1. The van der Waals surface area contributed by atoms with Gasteiger partial charge in [0.2, 0.25) is 11.7 Å². The molecule has 260 valence electrons. The number of carbonyl (C=O) groups excluding carboxylic acids is 2. The minimum Gasteiger partial charge on any atom is -0.508 e. The van der Waals surface area contributed by atoms with Crippen molar-refractivity contribution in [1.29, 1.82) is 0 Å². The second-order valence-corrected chi connectivity index (χ2v) is 12.9. The minimum absolute atomic E-state index is 0.0408. The van der Waals surface area contributed by atoms with Crippen LogP contribution >= 0.6 is 0 Å². The van der Waals surface area contributed by atoms with Gasteiger partial charge in [-0.2, -0.15) is 13.2 Å². The van der Waals surface area contributed by atoms with Crippen molar-refractivity contribution >= 4 is 11.8 Å². The summed E-state index contributed by atoms with van der Waals surface area (Å²) in [6.45, 7) is 6.98. The second-order valence-electron chi connectivity index (χ2n) is 12.9. The quantitative estimate of drug-likeness (QED) is 0.157. The van der Waals surface area contributed by atoms with Crippen LogP contribution in [0.5, 0.6) is 11.5 Å². The Bertz CT molecular complexity index is 1760. The Hall–Kier alpha value is -4.91. The Morgan fingerprint density at radius 2 is 1.53 bits per heavy atom. The Balaban J connectivity index is 1.29. The molecule has 0 atom stereocenters. The van der Waals surface area contributed by atoms with Gasteiger partial charge in [-0.1, -0.05) is 50.2 Å². The van der Waals surface area contributed by atoms with Gasteiger partial charge in [-0.05, 0) is 84.6 Å². The molecule has 0 radical (unpaired) electrons. The van der Waals surface area contributed by atoms with E-state index in [1.165, 1.54) is 29.2 Å². The third kappa shape index (κ3) is 9.17. The minimum atomic E-state index is -4.62. The first-order valence-corrected chi connectivity index (χ1v) is 16.3. The highest BCUT2D eigenvalue weighted by molar-refractivity contribution is 5.92. The molecule has 0 aliphatic carbocycles. The average molecular weight is 679 g/mol. The number of likely N-dealkylation sites (tertiary alicyclic amines) is 1. The molecule has 5 rings (SSSR count). The predicted molar refractivity (Wildman–Crippen MR) is 178 cm³/mol. The molecule has 13 heteroatoms. The smallest absolute Gasteiger partial charge is 0.405 e. The van der Waals surface area contributed by atoms with Gasteiger partial charge in [-0.3, -0.25) is 19.1 Å². The zero-order valence-electron chi connectivity index (χ0n) is 27.7. The van der Waals surface area contributed by atoms with E-state index < -0.39 is 18.6 Å². The molecule has 0 bridgehead atoms. The van der Waals surface area contributed by atoms with Crippen molar-refractivity contribution < 1.29 is 33.0 Å². The van der Waals surface area contributed by atoms with Crippen molar-refractivity contribution in [2.45, 2.75) is 65.2 Å². The topological polar surface area (TPSA) is 133 Å². The third-order valence-corrected chi connectivity index (χ3v) is 8.72. The van der Waals surface area contributed by atoms with Crippen LogP contribution in [0.2, 0.25) is 0 Å². The molecule has 3 aromatic carbocycles. The zero-order chi connectivity index (χ0) is 35.3. The molecule has 49 heavy (non-hydrogen) atoms. The summed E-state index contributed by atoms with van der Waals surface area (Å²) in [5.74, 6) is -1.55. The zero-order valence-corrected chi connectivity index (χ0v) is 27.7. The van der Waals surface area contributed by atoms with Gasteiger partial charge in [0, 0.05) is 31.8 Å². The maximum atomic E-state index is 12.9. The largest absolute Gasteiger partial charge is 0.508 e. The van der Waals surface area contributed by atoms with Crippen molar-refractivity contribution in [3.8, 4) is 28.6 Å². The average Bonchev–Trinajstić information content (AvgIpc) is 3.49. The summed E-state index contributed by atoms with van der Waals surface area (Å²) in [6, 6.07) is 18.3. The SMILES string of the molecule is CC(=O)NCc1ccc(CN2CCC(Cc3ccc(-n4c(C(=O)NCC(F)(F)F)nnc4-c4cc(C(C)C)c(O)cc4O)cc3)CC2)cc1. The fourth-order valence-electron chi connectivity index (χ4n) is 6.06. The lowest BCUT2D eigenvalue weighted by Crippen LogP contribution is -2.35. The van der Waals surface area contributed by atoms with Crippen LogP contribution in [0.15, 0.2) is 60.7 Å². The van der Waals surface area contributed by atoms with E-state index in [4.69, 9.17) is 0 Å². The summed E-state index contributed by atoms with van der Waals surface area (Å²) in [5.41, 5.74) is 4.47. The maximum absolute atomic E-state index is 12.9. The van der Waals surface area contributed by atoms with Crippen molar-refractivity contribution in [2.75, 3.05) is 19.6 Å². The van der Waals surface area contributed by atoms with Gasteiger partial charge < -0.3 is 20.8 Å². The first kappa shape index (κ1) is 35.4. The van der Waals surface area contributed by atoms with Crippen LogP contribution in [0, 0.1) is 5.92 Å². The van der Waals surface area contributed by atoms with Crippen LogP contribution in [0.1, 0.15) is 72.4 Å². The number of benzene rings is 3. The normalized spacial score (nSPS) is 14.3. The molecule has 1 aromatic heterocycles. The van der Waals surface area contributed by atoms with E-state index in [1.54, 1.807) is 12.1 Å². The molecule has 0 spiro atoms. The molecular formula is C36H41F3N6O4. The highest BCUT2D eigenvalue weighted by Crippen LogP contribution is 2.38. The number of nitrogens with one attached hydrogen (secondary N) is 2. The van der Waals surface area contributed by atoms with Gasteiger partial charge in [0.15, 0.2) is 5.82 Å². The predicted octanol–water partition coefficient (Wildman–Crippen LogP) is 5.85. The van der Waals surface area contributed by atoms with Crippen LogP contribution in [0.3, 0.4) is 0 Å². The number of amides is 2. The number of phenols is 2. The van der Waals surface area contributed by atoms with E-state index in [0.29, 0.717) is 23.7 Å². The van der Waals surface area contributed by atoms with E-state index in [2.05, 4.69) is 32.5 Å². The van der Waals surface area contributed by atoms with E-state index in [0.717, 1.165) is 50.0 Å². The van der Waals surface area contributed by atoms with Gasteiger partial charge >= 0.3 is 6.18 Å². The molecule has 4 N–H and O–H groups in total. The highest BCUT2D eigenvalue weighted by Gasteiger charge is 2.30. The van der Waals surface area contributed by atoms with E-state index in [-0.39, 0.29) is 40.5 Å². The van der Waals surface area contributed by atoms with Gasteiger partial charge in [0.05, 0.1) is 5.56 Å². The number of rotatable bonds is 11. The second kappa shape index (κ2) is 15.1. The van der Waals surface area contributed by atoms with Crippen LogP contribution in [-0.4, -0.2) is 67.5 Å². The Kier molecular flexibility index (Phi) is 10.9. The fourth-order valence-corrected chi connectivity index (χ4v) is 6.06. The number of hydrogen-bond acceptors (Lipinski definition) is 7.